The summed E-state index contributed by atoms with van der Waals surface area (Å²) in [5.74, 6) is -0.937. The molecule has 0 radical (unpaired) electrons. The number of hydrogen-bond donors (Lipinski definition) is 0. The number of methoxy groups -OCH3 is 2. The van der Waals surface area contributed by atoms with Gasteiger partial charge >= 0.3 is 11.9 Å². The van der Waals surface area contributed by atoms with Crippen molar-refractivity contribution in [2.75, 3.05) is 20.8 Å². The SMILES string of the molecule is CCCOc1ccc(C2C(C(=O)OC)=CN(Cc3ccc(Cl)cc3)C=C2C(=O)OC)cc1. The Morgan fingerprint density at radius 2 is 1.47 bits per heavy atom. The topological polar surface area (TPSA) is 65.1 Å². The first kappa shape index (κ1) is 23.4. The molecule has 0 aromatic heterocycles. The van der Waals surface area contributed by atoms with Crippen molar-refractivity contribution in [3.63, 3.8) is 0 Å². The van der Waals surface area contributed by atoms with Gasteiger partial charge in [0.25, 0.3) is 0 Å². The molecule has 2 aromatic carbocycles. The summed E-state index contributed by atoms with van der Waals surface area (Å²) in [5, 5.41) is 0.635. The quantitative estimate of drug-likeness (QED) is 0.530. The van der Waals surface area contributed by atoms with Crippen LogP contribution in [0.5, 0.6) is 5.75 Å². The first-order valence-corrected chi connectivity index (χ1v) is 10.7. The third-order valence-corrected chi connectivity index (χ3v) is 5.29. The summed E-state index contributed by atoms with van der Waals surface area (Å²) in [5.41, 5.74) is 2.40. The minimum Gasteiger partial charge on any atom is -0.494 e. The van der Waals surface area contributed by atoms with Crippen LogP contribution in [0.2, 0.25) is 5.02 Å². The number of rotatable bonds is 8. The molecule has 2 aromatic rings. The highest BCUT2D eigenvalue weighted by Gasteiger charge is 2.35. The van der Waals surface area contributed by atoms with Crippen molar-refractivity contribution < 1.29 is 23.8 Å². The molecule has 0 bridgehead atoms. The van der Waals surface area contributed by atoms with Crippen molar-refractivity contribution in [2.24, 2.45) is 0 Å². The third-order valence-electron chi connectivity index (χ3n) is 5.04. The van der Waals surface area contributed by atoms with Crippen molar-refractivity contribution in [3.8, 4) is 5.75 Å². The Morgan fingerprint density at radius 3 is 1.97 bits per heavy atom. The van der Waals surface area contributed by atoms with E-state index in [9.17, 15) is 9.59 Å². The molecule has 168 valence electrons. The lowest BCUT2D eigenvalue weighted by molar-refractivity contribution is -0.137. The summed E-state index contributed by atoms with van der Waals surface area (Å²) >= 11 is 5.98. The van der Waals surface area contributed by atoms with Crippen molar-refractivity contribution in [1.29, 1.82) is 0 Å². The van der Waals surface area contributed by atoms with Crippen LogP contribution in [0.1, 0.15) is 30.4 Å². The van der Waals surface area contributed by atoms with Gasteiger partial charge in [-0.1, -0.05) is 42.8 Å². The number of carbonyl (C=O) groups excluding carboxylic acids is 2. The molecular formula is C25H26ClNO5. The van der Waals surface area contributed by atoms with Crippen LogP contribution in [0.25, 0.3) is 0 Å². The molecule has 32 heavy (non-hydrogen) atoms. The molecular weight excluding hydrogens is 430 g/mol. The summed E-state index contributed by atoms with van der Waals surface area (Å²) in [7, 11) is 2.64. The molecule has 1 aliphatic rings. The molecule has 0 saturated heterocycles. The molecule has 1 aliphatic heterocycles. The Labute approximate surface area is 193 Å². The molecule has 3 rings (SSSR count). The number of nitrogens with zero attached hydrogens (tertiary/aromatic N) is 1. The lowest BCUT2D eigenvalue weighted by Gasteiger charge is -2.30. The largest absolute Gasteiger partial charge is 0.494 e. The zero-order chi connectivity index (χ0) is 23.1. The van der Waals surface area contributed by atoms with Gasteiger partial charge in [0.1, 0.15) is 5.75 Å². The van der Waals surface area contributed by atoms with E-state index in [0.717, 1.165) is 23.3 Å². The Morgan fingerprint density at radius 1 is 0.906 bits per heavy atom. The van der Waals surface area contributed by atoms with Crippen molar-refractivity contribution in [2.45, 2.75) is 25.8 Å². The molecule has 6 nitrogen and oxygen atoms in total. The molecule has 0 atom stereocenters. The fourth-order valence-electron chi connectivity index (χ4n) is 3.52. The van der Waals surface area contributed by atoms with Gasteiger partial charge in [-0.25, -0.2) is 9.59 Å². The molecule has 0 aliphatic carbocycles. The van der Waals surface area contributed by atoms with Gasteiger partial charge in [0.15, 0.2) is 0 Å². The van der Waals surface area contributed by atoms with Crippen LogP contribution in [-0.2, 0) is 25.6 Å². The molecule has 0 spiro atoms. The summed E-state index contributed by atoms with van der Waals surface area (Å²) in [6.45, 7) is 3.09. The molecule has 0 N–H and O–H groups in total. The molecule has 7 heteroatoms. The van der Waals surface area contributed by atoms with Gasteiger partial charge in [-0.05, 0) is 41.8 Å². The van der Waals surface area contributed by atoms with E-state index in [-0.39, 0.29) is 0 Å². The smallest absolute Gasteiger partial charge is 0.336 e. The highest BCUT2D eigenvalue weighted by atomic mass is 35.5. The Kier molecular flexibility index (Phi) is 7.95. The van der Waals surface area contributed by atoms with Crippen LogP contribution in [0.15, 0.2) is 72.1 Å². The lowest BCUT2D eigenvalue weighted by Crippen LogP contribution is -2.28. The van der Waals surface area contributed by atoms with Crippen LogP contribution in [0, 0.1) is 0 Å². The number of carbonyl (C=O) groups is 2. The zero-order valence-corrected chi connectivity index (χ0v) is 19.1. The lowest BCUT2D eigenvalue weighted by atomic mass is 9.83. The summed E-state index contributed by atoms with van der Waals surface area (Å²) in [6.07, 6.45) is 4.32. The van der Waals surface area contributed by atoms with E-state index in [1.165, 1.54) is 14.2 Å². The number of halogens is 1. The van der Waals surface area contributed by atoms with Crippen molar-refractivity contribution >= 4 is 23.5 Å². The highest BCUT2D eigenvalue weighted by Crippen LogP contribution is 2.38. The number of hydrogen-bond acceptors (Lipinski definition) is 6. The summed E-state index contributed by atoms with van der Waals surface area (Å²) in [6, 6.07) is 14.7. The van der Waals surface area contributed by atoms with Crippen LogP contribution in [-0.4, -0.2) is 37.7 Å². The average Bonchev–Trinajstić information content (AvgIpc) is 2.83. The van der Waals surface area contributed by atoms with E-state index in [0.29, 0.717) is 29.3 Å². The number of ether oxygens (including phenoxy) is 3. The second kappa shape index (κ2) is 10.9. The standard InChI is InChI=1S/C25H26ClNO5/c1-4-13-32-20-11-7-18(8-12-20)23-21(24(28)30-2)15-27(16-22(23)25(29)31-3)14-17-5-9-19(26)10-6-17/h5-12,15-16,23H,4,13-14H2,1-3H3. The molecule has 0 unspecified atom stereocenters. The van der Waals surface area contributed by atoms with E-state index in [1.54, 1.807) is 29.4 Å². The predicted molar refractivity (Wildman–Crippen MR) is 122 cm³/mol. The van der Waals surface area contributed by atoms with Crippen LogP contribution in [0.3, 0.4) is 0 Å². The maximum atomic E-state index is 12.7. The van der Waals surface area contributed by atoms with E-state index in [4.69, 9.17) is 25.8 Å². The van der Waals surface area contributed by atoms with E-state index < -0.39 is 17.9 Å². The molecule has 0 amide bonds. The maximum absolute atomic E-state index is 12.7. The number of benzene rings is 2. The molecule has 1 heterocycles. The first-order chi connectivity index (χ1) is 15.5. The highest BCUT2D eigenvalue weighted by molar-refractivity contribution is 6.30. The minimum atomic E-state index is -0.628. The van der Waals surface area contributed by atoms with Gasteiger partial charge in [0.05, 0.1) is 37.9 Å². The Bertz CT molecular complexity index is 978. The minimum absolute atomic E-state index is 0.339. The summed E-state index contributed by atoms with van der Waals surface area (Å²) < 4.78 is 15.7. The van der Waals surface area contributed by atoms with Gasteiger partial charge in [0, 0.05) is 24.0 Å². The van der Waals surface area contributed by atoms with E-state index in [2.05, 4.69) is 0 Å². The molecule has 0 fully saturated rings. The van der Waals surface area contributed by atoms with E-state index >= 15 is 0 Å². The average molecular weight is 456 g/mol. The van der Waals surface area contributed by atoms with Crippen molar-refractivity contribution in [3.05, 3.63) is 88.2 Å². The second-order valence-electron chi connectivity index (χ2n) is 7.30. The van der Waals surface area contributed by atoms with Crippen LogP contribution in [0.4, 0.5) is 0 Å². The van der Waals surface area contributed by atoms with Gasteiger partial charge < -0.3 is 19.1 Å². The monoisotopic (exact) mass is 455 g/mol. The first-order valence-electron chi connectivity index (χ1n) is 10.3. The summed E-state index contributed by atoms with van der Waals surface area (Å²) in [4.78, 5) is 27.2. The van der Waals surface area contributed by atoms with Crippen LogP contribution >= 0.6 is 11.6 Å². The Hall–Kier alpha value is -3.25. The maximum Gasteiger partial charge on any atom is 0.336 e. The molecule has 0 saturated carbocycles. The fourth-order valence-corrected chi connectivity index (χ4v) is 3.64. The van der Waals surface area contributed by atoms with Gasteiger partial charge in [-0.3, -0.25) is 0 Å². The third kappa shape index (κ3) is 5.51. The van der Waals surface area contributed by atoms with Gasteiger partial charge in [0.2, 0.25) is 0 Å². The Balaban J connectivity index is 1.99. The fraction of sp³-hybridized carbons (Fsp3) is 0.280. The second-order valence-corrected chi connectivity index (χ2v) is 7.74. The van der Waals surface area contributed by atoms with Crippen molar-refractivity contribution in [1.82, 2.24) is 4.90 Å². The normalized spacial score (nSPS) is 13.8. The number of esters is 2. The van der Waals surface area contributed by atoms with Crippen LogP contribution < -0.4 is 4.74 Å². The van der Waals surface area contributed by atoms with Gasteiger partial charge in [-0.2, -0.15) is 0 Å². The van der Waals surface area contributed by atoms with E-state index in [1.807, 2.05) is 43.3 Å². The zero-order valence-electron chi connectivity index (χ0n) is 18.3. The van der Waals surface area contributed by atoms with Gasteiger partial charge in [-0.15, -0.1) is 0 Å². The predicted octanol–water partition coefficient (Wildman–Crippen LogP) is 4.84.